The summed E-state index contributed by atoms with van der Waals surface area (Å²) >= 11 is 0. The number of nitrogens with zero attached hydrogens (tertiary/aromatic N) is 2. The Balaban J connectivity index is 1.78. The maximum atomic E-state index is 11.4. The molecule has 0 amide bonds. The van der Waals surface area contributed by atoms with E-state index in [0.717, 1.165) is 40.6 Å². The number of aromatic nitrogens is 1. The zero-order chi connectivity index (χ0) is 24.8. The number of carboxylic acids is 1. The van der Waals surface area contributed by atoms with E-state index in [1.807, 2.05) is 66.3 Å². The number of hydrogen-bond acceptors (Lipinski definition) is 5. The van der Waals surface area contributed by atoms with Crippen LogP contribution >= 0.6 is 0 Å². The minimum Gasteiger partial charge on any atom is -0.478 e. The van der Waals surface area contributed by atoms with Gasteiger partial charge in [-0.2, -0.15) is 4.57 Å². The van der Waals surface area contributed by atoms with Crippen LogP contribution in [0.2, 0.25) is 0 Å². The summed E-state index contributed by atoms with van der Waals surface area (Å²) in [6.45, 7) is 2.98. The summed E-state index contributed by atoms with van der Waals surface area (Å²) in [4.78, 5) is 17.5. The molecule has 1 aromatic carbocycles. The summed E-state index contributed by atoms with van der Waals surface area (Å²) < 4.78 is 7.99. The zero-order valence-corrected chi connectivity index (χ0v) is 19.5. The average Bonchev–Trinajstić information content (AvgIpc) is 3.20. The molecule has 1 aliphatic heterocycles. The number of benzene rings is 1. The molecular formula is C28H27N2O5+. The molecule has 4 rings (SSSR count). The van der Waals surface area contributed by atoms with Crippen LogP contribution in [0.3, 0.4) is 0 Å². The van der Waals surface area contributed by atoms with E-state index in [0.29, 0.717) is 5.89 Å². The Morgan fingerprint density at radius 2 is 2.06 bits per heavy atom. The molecule has 0 spiro atoms. The van der Waals surface area contributed by atoms with Gasteiger partial charge in [-0.25, -0.2) is 10.1 Å². The Hall–Kier alpha value is -4.36. The Morgan fingerprint density at radius 1 is 1.23 bits per heavy atom. The first-order valence-electron chi connectivity index (χ1n) is 11.2. The molecule has 1 unspecified atom stereocenters. The molecule has 2 heterocycles. The highest BCUT2D eigenvalue weighted by molar-refractivity contribution is 5.89. The third kappa shape index (κ3) is 5.10. The molecular weight excluding hydrogens is 444 g/mol. The van der Waals surface area contributed by atoms with Crippen LogP contribution < -0.4 is 4.57 Å². The maximum absolute atomic E-state index is 11.4. The van der Waals surface area contributed by atoms with Gasteiger partial charge in [0.15, 0.2) is 0 Å². The minimum absolute atomic E-state index is 0.116. The fourth-order valence-electron chi connectivity index (χ4n) is 4.13. The van der Waals surface area contributed by atoms with Gasteiger partial charge in [0.2, 0.25) is 5.58 Å². The van der Waals surface area contributed by atoms with Gasteiger partial charge in [-0.1, -0.05) is 48.6 Å². The molecule has 7 heteroatoms. The number of hydrogen-bond donors (Lipinski definition) is 2. The second-order valence-electron chi connectivity index (χ2n) is 7.97. The molecule has 2 N–H and O–H groups in total. The van der Waals surface area contributed by atoms with Crippen LogP contribution in [-0.2, 0) is 16.7 Å². The van der Waals surface area contributed by atoms with Crippen molar-refractivity contribution < 1.29 is 29.0 Å². The first-order valence-corrected chi connectivity index (χ1v) is 11.2. The normalized spacial score (nSPS) is 18.4. The lowest BCUT2D eigenvalue weighted by atomic mass is 9.88. The number of fused-ring (bicyclic) bond motifs is 2. The summed E-state index contributed by atoms with van der Waals surface area (Å²) in [5.74, 6) is -0.536. The molecule has 178 valence electrons. The maximum Gasteiger partial charge on any atom is 0.373 e. The van der Waals surface area contributed by atoms with Crippen LogP contribution in [0.1, 0.15) is 12.8 Å². The van der Waals surface area contributed by atoms with Crippen molar-refractivity contribution in [1.82, 2.24) is 4.90 Å². The van der Waals surface area contributed by atoms with Gasteiger partial charge >= 0.3 is 11.9 Å². The van der Waals surface area contributed by atoms with Crippen LogP contribution in [0.15, 0.2) is 118 Å². The first kappa shape index (κ1) is 23.8. The fourth-order valence-corrected chi connectivity index (χ4v) is 4.13. The molecule has 1 aliphatic carbocycles. The van der Waals surface area contributed by atoms with Gasteiger partial charge in [-0.15, -0.1) is 0 Å². The minimum atomic E-state index is -1.21. The molecule has 0 bridgehead atoms. The van der Waals surface area contributed by atoms with Crippen molar-refractivity contribution in [3.63, 3.8) is 0 Å². The van der Waals surface area contributed by atoms with E-state index in [2.05, 4.69) is 41.1 Å². The second-order valence-corrected chi connectivity index (χ2v) is 7.97. The molecule has 0 fully saturated rings. The van der Waals surface area contributed by atoms with Crippen molar-refractivity contribution in [3.05, 3.63) is 120 Å². The van der Waals surface area contributed by atoms with Crippen molar-refractivity contribution >= 4 is 23.1 Å². The van der Waals surface area contributed by atoms with Crippen LogP contribution in [0.5, 0.6) is 0 Å². The summed E-state index contributed by atoms with van der Waals surface area (Å²) in [6.07, 6.45) is 21.9. The molecule has 2 aliphatic rings. The van der Waals surface area contributed by atoms with Crippen molar-refractivity contribution in [2.24, 2.45) is 7.05 Å². The monoisotopic (exact) mass is 471 g/mol. The first-order chi connectivity index (χ1) is 17.0. The number of rotatable bonds is 8. The van der Waals surface area contributed by atoms with Crippen LogP contribution in [0.4, 0.5) is 0 Å². The highest BCUT2D eigenvalue weighted by atomic mass is 17.1. The number of aryl methyl sites for hydroxylation is 1. The predicted molar refractivity (Wildman–Crippen MR) is 134 cm³/mol. The predicted octanol–water partition coefficient (Wildman–Crippen LogP) is 4.85. The van der Waals surface area contributed by atoms with Crippen LogP contribution in [-0.4, -0.2) is 33.8 Å². The van der Waals surface area contributed by atoms with Crippen molar-refractivity contribution in [3.8, 4) is 0 Å². The highest BCUT2D eigenvalue weighted by Gasteiger charge is 2.24. The number of aliphatic carboxylic acids is 1. The average molecular weight is 472 g/mol. The lowest BCUT2D eigenvalue weighted by Gasteiger charge is -2.34. The summed E-state index contributed by atoms with van der Waals surface area (Å²) in [5, 5.41) is 17.9. The van der Waals surface area contributed by atoms with Crippen LogP contribution in [0.25, 0.3) is 17.2 Å². The van der Waals surface area contributed by atoms with Crippen molar-refractivity contribution in [2.45, 2.75) is 13.0 Å². The number of carbonyl (C=O) groups is 1. The van der Waals surface area contributed by atoms with Gasteiger partial charge in [-0.3, -0.25) is 0 Å². The lowest BCUT2D eigenvalue weighted by molar-refractivity contribution is -0.652. The zero-order valence-electron chi connectivity index (χ0n) is 19.5. The van der Waals surface area contributed by atoms with Crippen molar-refractivity contribution in [1.29, 1.82) is 0 Å². The van der Waals surface area contributed by atoms with E-state index in [1.165, 1.54) is 6.08 Å². The van der Waals surface area contributed by atoms with E-state index >= 15 is 0 Å². The van der Waals surface area contributed by atoms with E-state index in [9.17, 15) is 9.90 Å². The SMILES string of the molecule is CCN1C=CC(C(=C\C=C\C(=C\OO)C(=O)O)/C=C/c2oc3ccccc3[n+]2C)=C2C=CC=CC21. The molecule has 2 aromatic rings. The molecule has 35 heavy (non-hydrogen) atoms. The Labute approximate surface area is 203 Å². The molecule has 1 aromatic heterocycles. The van der Waals surface area contributed by atoms with Gasteiger partial charge in [0.25, 0.3) is 5.52 Å². The summed E-state index contributed by atoms with van der Waals surface area (Å²) in [7, 11) is 1.94. The van der Waals surface area contributed by atoms with Crippen molar-refractivity contribution in [2.75, 3.05) is 6.54 Å². The third-order valence-corrected chi connectivity index (χ3v) is 5.93. The molecule has 0 saturated carbocycles. The Bertz CT molecular complexity index is 1360. The van der Waals surface area contributed by atoms with E-state index in [1.54, 1.807) is 6.08 Å². The number of likely N-dealkylation sites (N-methyl/N-ethyl adjacent to an activating group) is 1. The molecule has 0 radical (unpaired) electrons. The lowest BCUT2D eigenvalue weighted by Crippen LogP contribution is -2.34. The van der Waals surface area contributed by atoms with E-state index in [4.69, 9.17) is 9.67 Å². The smallest absolute Gasteiger partial charge is 0.373 e. The molecule has 1 atom stereocenters. The van der Waals surface area contributed by atoms with Gasteiger partial charge in [0, 0.05) is 18.8 Å². The highest BCUT2D eigenvalue weighted by Crippen LogP contribution is 2.31. The number of oxazole rings is 1. The summed E-state index contributed by atoms with van der Waals surface area (Å²) in [6, 6.07) is 7.93. The van der Waals surface area contributed by atoms with Crippen LogP contribution in [0, 0.1) is 0 Å². The van der Waals surface area contributed by atoms with E-state index in [-0.39, 0.29) is 11.6 Å². The third-order valence-electron chi connectivity index (χ3n) is 5.93. The van der Waals surface area contributed by atoms with Gasteiger partial charge < -0.3 is 19.3 Å². The van der Waals surface area contributed by atoms with Gasteiger partial charge in [0.1, 0.15) is 13.3 Å². The van der Waals surface area contributed by atoms with E-state index < -0.39 is 5.97 Å². The number of carboxylic acid groups (broad SMARTS) is 1. The largest absolute Gasteiger partial charge is 0.478 e. The summed E-state index contributed by atoms with van der Waals surface area (Å²) in [5.41, 5.74) is 4.60. The van der Waals surface area contributed by atoms with Gasteiger partial charge in [-0.05, 0) is 47.9 Å². The molecule has 0 saturated heterocycles. The number of allylic oxidation sites excluding steroid dienone is 8. The standard InChI is InChI=1S/C28H26N2O5/c1-3-30-18-17-22(23-11-4-5-12-24(23)30)20(9-8-10-21(19-34-33)28(31)32)15-16-27-29(2)25-13-6-7-14-26(25)35-27/h4-19,24H,3H2,1-2H3,(H-,31,32,33)/p+1/b10-8+,16-15+,20-9-,21-19-. The second kappa shape index (κ2) is 10.7. The Morgan fingerprint density at radius 3 is 2.80 bits per heavy atom. The fraction of sp³-hybridized carbons (Fsp3) is 0.143. The van der Waals surface area contributed by atoms with Gasteiger partial charge in [0.05, 0.1) is 17.7 Å². The quantitative estimate of drug-likeness (QED) is 0.143. The number of para-hydroxylation sites is 2. The molecule has 7 nitrogen and oxygen atoms in total. The topological polar surface area (TPSA) is 87.0 Å². The Kier molecular flexibility index (Phi) is 7.28.